The number of amides is 1. The van der Waals surface area contributed by atoms with Crippen LogP contribution in [-0.2, 0) is 11.2 Å². The highest BCUT2D eigenvalue weighted by molar-refractivity contribution is 6.30. The van der Waals surface area contributed by atoms with Crippen LogP contribution in [0.25, 0.3) is 11.4 Å². The molecule has 1 unspecified atom stereocenters. The van der Waals surface area contributed by atoms with Gasteiger partial charge in [-0.2, -0.15) is 4.98 Å². The number of anilines is 1. The van der Waals surface area contributed by atoms with E-state index in [9.17, 15) is 4.79 Å². The Labute approximate surface area is 169 Å². The van der Waals surface area contributed by atoms with E-state index in [1.165, 1.54) is 18.4 Å². The van der Waals surface area contributed by atoms with Gasteiger partial charge in [0, 0.05) is 29.2 Å². The molecule has 0 aliphatic carbocycles. The van der Waals surface area contributed by atoms with Gasteiger partial charge < -0.3 is 9.42 Å². The van der Waals surface area contributed by atoms with E-state index in [1.54, 1.807) is 17.0 Å². The van der Waals surface area contributed by atoms with Gasteiger partial charge in [0.1, 0.15) is 0 Å². The molecule has 1 fully saturated rings. The Bertz CT molecular complexity index is 968. The highest BCUT2D eigenvalue weighted by Gasteiger charge is 2.35. The molecule has 0 spiro atoms. The van der Waals surface area contributed by atoms with E-state index in [0.717, 1.165) is 17.7 Å². The summed E-state index contributed by atoms with van der Waals surface area (Å²) in [6, 6.07) is 15.6. The molecule has 2 heterocycles. The predicted octanol–water partition coefficient (Wildman–Crippen LogP) is 5.25. The van der Waals surface area contributed by atoms with E-state index >= 15 is 0 Å². The second-order valence-corrected chi connectivity index (χ2v) is 7.58. The average Bonchev–Trinajstić information content (AvgIpc) is 3.34. The summed E-state index contributed by atoms with van der Waals surface area (Å²) in [6.07, 6.45) is 3.79. The third-order valence-electron chi connectivity index (χ3n) is 5.07. The van der Waals surface area contributed by atoms with Gasteiger partial charge in [0.25, 0.3) is 0 Å². The van der Waals surface area contributed by atoms with Crippen LogP contribution in [-0.4, -0.2) is 22.6 Å². The van der Waals surface area contributed by atoms with E-state index in [-0.39, 0.29) is 11.8 Å². The van der Waals surface area contributed by atoms with Gasteiger partial charge in [0.05, 0.1) is 5.92 Å². The molecular formula is C22H22ClN3O2. The molecule has 1 amide bonds. The monoisotopic (exact) mass is 395 g/mol. The third kappa shape index (κ3) is 3.94. The summed E-state index contributed by atoms with van der Waals surface area (Å²) in [6.45, 7) is 2.73. The van der Waals surface area contributed by atoms with Crippen molar-refractivity contribution >= 4 is 23.2 Å². The summed E-state index contributed by atoms with van der Waals surface area (Å²) in [5.41, 5.74) is 3.02. The minimum absolute atomic E-state index is 0.0776. The number of benzene rings is 2. The lowest BCUT2D eigenvalue weighted by molar-refractivity contribution is -0.117. The fourth-order valence-corrected chi connectivity index (χ4v) is 3.68. The molecule has 1 aliphatic heterocycles. The van der Waals surface area contributed by atoms with Crippen LogP contribution in [0.5, 0.6) is 0 Å². The normalized spacial score (nSPS) is 16.7. The van der Waals surface area contributed by atoms with Crippen molar-refractivity contribution in [1.82, 2.24) is 10.1 Å². The number of unbranched alkanes of at least 4 members (excludes halogenated alkanes) is 1. The molecule has 144 valence electrons. The summed E-state index contributed by atoms with van der Waals surface area (Å²) in [4.78, 5) is 18.9. The zero-order valence-electron chi connectivity index (χ0n) is 15.8. The van der Waals surface area contributed by atoms with Crippen LogP contribution in [0.15, 0.2) is 53.1 Å². The van der Waals surface area contributed by atoms with Crippen molar-refractivity contribution in [3.8, 4) is 11.4 Å². The molecule has 0 bridgehead atoms. The van der Waals surface area contributed by atoms with Crippen LogP contribution < -0.4 is 4.90 Å². The van der Waals surface area contributed by atoms with Crippen molar-refractivity contribution in [2.24, 2.45) is 0 Å². The molecule has 2 aromatic carbocycles. The maximum absolute atomic E-state index is 12.6. The number of carbonyl (C=O) groups is 1. The summed E-state index contributed by atoms with van der Waals surface area (Å²) >= 11 is 6.04. The van der Waals surface area contributed by atoms with Crippen LogP contribution >= 0.6 is 11.6 Å². The number of aryl methyl sites for hydroxylation is 1. The molecule has 1 saturated heterocycles. The van der Waals surface area contributed by atoms with Crippen molar-refractivity contribution in [2.45, 2.75) is 38.5 Å². The largest absolute Gasteiger partial charge is 0.339 e. The van der Waals surface area contributed by atoms with Crippen molar-refractivity contribution in [1.29, 1.82) is 0 Å². The van der Waals surface area contributed by atoms with Gasteiger partial charge in [0.2, 0.25) is 17.6 Å². The van der Waals surface area contributed by atoms with Gasteiger partial charge in [-0.25, -0.2) is 0 Å². The Kier molecular flexibility index (Phi) is 5.44. The number of hydrogen-bond acceptors (Lipinski definition) is 4. The lowest BCUT2D eigenvalue weighted by atomic mass is 10.1. The zero-order chi connectivity index (χ0) is 19.5. The summed E-state index contributed by atoms with van der Waals surface area (Å²) in [5, 5.41) is 4.68. The van der Waals surface area contributed by atoms with E-state index in [0.29, 0.717) is 29.7 Å². The smallest absolute Gasteiger partial charge is 0.232 e. The topological polar surface area (TPSA) is 59.2 Å². The minimum atomic E-state index is -0.104. The highest BCUT2D eigenvalue weighted by atomic mass is 35.5. The zero-order valence-corrected chi connectivity index (χ0v) is 16.5. The first-order valence-electron chi connectivity index (χ1n) is 9.63. The SMILES string of the molecule is CCCCc1ccc(N2CC(c3nc(-c4cccc(Cl)c4)no3)CC2=O)cc1. The Hall–Kier alpha value is -2.66. The Morgan fingerprint density at radius 3 is 2.79 bits per heavy atom. The molecule has 28 heavy (non-hydrogen) atoms. The van der Waals surface area contributed by atoms with Gasteiger partial charge >= 0.3 is 0 Å². The van der Waals surface area contributed by atoms with Crippen LogP contribution in [0.4, 0.5) is 5.69 Å². The number of halogens is 1. The number of aromatic nitrogens is 2. The molecule has 1 atom stereocenters. The number of hydrogen-bond donors (Lipinski definition) is 0. The second-order valence-electron chi connectivity index (χ2n) is 7.14. The molecule has 0 radical (unpaired) electrons. The van der Waals surface area contributed by atoms with Crippen molar-refractivity contribution in [3.05, 3.63) is 65.0 Å². The molecule has 3 aromatic rings. The molecule has 0 N–H and O–H groups in total. The summed E-state index contributed by atoms with van der Waals surface area (Å²) in [5.74, 6) is 0.954. The fraction of sp³-hybridized carbons (Fsp3) is 0.318. The number of carbonyl (C=O) groups excluding carboxylic acids is 1. The standard InChI is InChI=1S/C22H22ClN3O2/c1-2-3-5-15-8-10-19(11-9-15)26-14-17(13-20(26)27)22-24-21(25-28-22)16-6-4-7-18(23)12-16/h4,6-12,17H,2-3,5,13-14H2,1H3. The first kappa shape index (κ1) is 18.7. The quantitative estimate of drug-likeness (QED) is 0.571. The summed E-state index contributed by atoms with van der Waals surface area (Å²) < 4.78 is 5.46. The van der Waals surface area contributed by atoms with Crippen LogP contribution in [0.1, 0.15) is 43.6 Å². The number of rotatable bonds is 6. The highest BCUT2D eigenvalue weighted by Crippen LogP contribution is 2.32. The van der Waals surface area contributed by atoms with Gasteiger partial charge in [-0.3, -0.25) is 4.79 Å². The molecular weight excluding hydrogens is 374 g/mol. The second kappa shape index (κ2) is 8.15. The van der Waals surface area contributed by atoms with Gasteiger partial charge in [-0.05, 0) is 42.7 Å². The van der Waals surface area contributed by atoms with E-state index < -0.39 is 0 Å². The third-order valence-corrected chi connectivity index (χ3v) is 5.30. The van der Waals surface area contributed by atoms with E-state index in [1.807, 2.05) is 24.3 Å². The van der Waals surface area contributed by atoms with E-state index in [2.05, 4.69) is 29.2 Å². The molecule has 1 aromatic heterocycles. The molecule has 0 saturated carbocycles. The maximum Gasteiger partial charge on any atom is 0.232 e. The predicted molar refractivity (Wildman–Crippen MR) is 110 cm³/mol. The van der Waals surface area contributed by atoms with Gasteiger partial charge in [0.15, 0.2) is 0 Å². The first-order valence-corrected chi connectivity index (χ1v) is 10.0. The van der Waals surface area contributed by atoms with E-state index in [4.69, 9.17) is 16.1 Å². The molecule has 4 rings (SSSR count). The van der Waals surface area contributed by atoms with Gasteiger partial charge in [-0.1, -0.05) is 54.4 Å². The Morgan fingerprint density at radius 1 is 1.21 bits per heavy atom. The fourth-order valence-electron chi connectivity index (χ4n) is 3.49. The van der Waals surface area contributed by atoms with Gasteiger partial charge in [-0.15, -0.1) is 0 Å². The first-order chi connectivity index (χ1) is 13.6. The minimum Gasteiger partial charge on any atom is -0.339 e. The van der Waals surface area contributed by atoms with Crippen LogP contribution in [0, 0.1) is 0 Å². The lowest BCUT2D eigenvalue weighted by Gasteiger charge is -2.16. The average molecular weight is 396 g/mol. The van der Waals surface area contributed by atoms with Crippen molar-refractivity contribution < 1.29 is 9.32 Å². The molecule has 1 aliphatic rings. The molecule has 6 heteroatoms. The van der Waals surface area contributed by atoms with Crippen LogP contribution in [0.3, 0.4) is 0 Å². The maximum atomic E-state index is 12.6. The molecule has 5 nitrogen and oxygen atoms in total. The number of nitrogens with zero attached hydrogens (tertiary/aromatic N) is 3. The Balaban J connectivity index is 1.48. The lowest BCUT2D eigenvalue weighted by Crippen LogP contribution is -2.24. The van der Waals surface area contributed by atoms with Crippen molar-refractivity contribution in [3.63, 3.8) is 0 Å². The van der Waals surface area contributed by atoms with Crippen molar-refractivity contribution in [2.75, 3.05) is 11.4 Å². The summed E-state index contributed by atoms with van der Waals surface area (Å²) in [7, 11) is 0. The van der Waals surface area contributed by atoms with Crippen LogP contribution in [0.2, 0.25) is 5.02 Å². The Morgan fingerprint density at radius 2 is 2.04 bits per heavy atom.